The zero-order valence-electron chi connectivity index (χ0n) is 18.0. The fraction of sp³-hybridized carbons (Fsp3) is 0.520. The fourth-order valence-electron chi connectivity index (χ4n) is 5.02. The van der Waals surface area contributed by atoms with Crippen LogP contribution in [0.5, 0.6) is 0 Å². The molecule has 1 amide bonds. The second-order valence-corrected chi connectivity index (χ2v) is 9.68. The number of nitrogens with zero attached hydrogens (tertiary/aromatic N) is 1. The van der Waals surface area contributed by atoms with E-state index in [1.165, 1.54) is 35.3 Å². The third-order valence-electron chi connectivity index (χ3n) is 6.78. The summed E-state index contributed by atoms with van der Waals surface area (Å²) in [5, 5.41) is 17.5. The maximum Gasteiger partial charge on any atom is 0.228 e. The number of rotatable bonds is 6. The number of aryl methyl sites for hydroxylation is 1. The molecular weight excluding hydrogens is 390 g/mol. The van der Waals surface area contributed by atoms with Crippen molar-refractivity contribution >= 4 is 22.2 Å². The molecule has 2 aromatic rings. The molecule has 1 aromatic carbocycles. The Morgan fingerprint density at radius 1 is 1.23 bits per heavy atom. The van der Waals surface area contributed by atoms with Gasteiger partial charge in [-0.05, 0) is 68.1 Å². The van der Waals surface area contributed by atoms with E-state index in [9.17, 15) is 10.1 Å². The molecule has 0 spiro atoms. The first-order valence-corrected chi connectivity index (χ1v) is 12.2. The predicted octanol–water partition coefficient (Wildman–Crippen LogP) is 5.52. The molecule has 0 radical (unpaired) electrons. The summed E-state index contributed by atoms with van der Waals surface area (Å²) in [5.41, 5.74) is 4.78. The lowest BCUT2D eigenvalue weighted by molar-refractivity contribution is -0.120. The minimum absolute atomic E-state index is 0.0106. The number of hydrogen-bond acceptors (Lipinski definition) is 4. The predicted molar refractivity (Wildman–Crippen MR) is 123 cm³/mol. The van der Waals surface area contributed by atoms with Crippen LogP contribution in [0.1, 0.15) is 79.1 Å². The Bertz CT molecular complexity index is 954. The van der Waals surface area contributed by atoms with Gasteiger partial charge in [-0.2, -0.15) is 5.26 Å². The third kappa shape index (κ3) is 4.17. The number of thiophene rings is 1. The average Bonchev–Trinajstić information content (AvgIpc) is 3.11. The van der Waals surface area contributed by atoms with Crippen LogP contribution in [0.2, 0.25) is 0 Å². The van der Waals surface area contributed by atoms with Gasteiger partial charge in [0.25, 0.3) is 0 Å². The topological polar surface area (TPSA) is 64.9 Å². The number of carbonyl (C=O) groups excluding carboxylic acids is 1. The molecule has 0 saturated carbocycles. The second kappa shape index (κ2) is 9.32. The largest absolute Gasteiger partial charge is 0.316 e. The van der Waals surface area contributed by atoms with E-state index in [2.05, 4.69) is 41.0 Å². The highest BCUT2D eigenvalue weighted by molar-refractivity contribution is 7.16. The number of amides is 1. The first-order chi connectivity index (χ1) is 14.6. The first kappa shape index (κ1) is 21.1. The number of fused-ring (bicyclic) bond motifs is 2. The van der Waals surface area contributed by atoms with Crippen molar-refractivity contribution in [2.75, 3.05) is 5.32 Å². The van der Waals surface area contributed by atoms with Crippen molar-refractivity contribution in [1.82, 2.24) is 5.32 Å². The third-order valence-corrected chi connectivity index (χ3v) is 7.95. The number of carbonyl (C=O) groups is 1. The van der Waals surface area contributed by atoms with E-state index in [1.54, 1.807) is 11.3 Å². The van der Waals surface area contributed by atoms with Crippen molar-refractivity contribution in [3.8, 4) is 6.07 Å². The lowest BCUT2D eigenvalue weighted by Gasteiger charge is -2.32. The van der Waals surface area contributed by atoms with Gasteiger partial charge < -0.3 is 10.6 Å². The molecule has 0 aliphatic heterocycles. The molecule has 0 bridgehead atoms. The van der Waals surface area contributed by atoms with E-state index < -0.39 is 0 Å². The fourth-order valence-corrected chi connectivity index (χ4v) is 6.30. The van der Waals surface area contributed by atoms with Gasteiger partial charge in [-0.15, -0.1) is 11.3 Å². The SMILES string of the molecule is CCC(CC)C(=O)Nc1sc2c(c1C#N)CCC(NC1CCCc3ccccc31)C2. The molecule has 2 aliphatic carbocycles. The molecule has 0 saturated heterocycles. The molecule has 30 heavy (non-hydrogen) atoms. The van der Waals surface area contributed by atoms with Crippen LogP contribution in [-0.4, -0.2) is 11.9 Å². The van der Waals surface area contributed by atoms with Gasteiger partial charge in [0.2, 0.25) is 5.91 Å². The lowest BCUT2D eigenvalue weighted by Crippen LogP contribution is -2.38. The van der Waals surface area contributed by atoms with Crippen molar-refractivity contribution in [2.45, 2.75) is 77.3 Å². The van der Waals surface area contributed by atoms with Crippen LogP contribution in [-0.2, 0) is 24.1 Å². The molecule has 1 heterocycles. The summed E-state index contributed by atoms with van der Waals surface area (Å²) in [6, 6.07) is 12.0. The summed E-state index contributed by atoms with van der Waals surface area (Å²) in [6.45, 7) is 4.08. The quantitative estimate of drug-likeness (QED) is 0.645. The van der Waals surface area contributed by atoms with E-state index in [1.807, 2.05) is 13.8 Å². The molecular formula is C25H31N3OS. The van der Waals surface area contributed by atoms with Crippen LogP contribution in [0.15, 0.2) is 24.3 Å². The maximum absolute atomic E-state index is 12.6. The van der Waals surface area contributed by atoms with E-state index >= 15 is 0 Å². The number of nitrogens with one attached hydrogen (secondary N) is 2. The Morgan fingerprint density at radius 2 is 2.03 bits per heavy atom. The number of anilines is 1. The summed E-state index contributed by atoms with van der Waals surface area (Å²) in [6.07, 6.45) is 8.13. The van der Waals surface area contributed by atoms with Gasteiger partial charge in [0.15, 0.2) is 0 Å². The summed E-state index contributed by atoms with van der Waals surface area (Å²) in [5.74, 6) is 0.0556. The molecule has 4 nitrogen and oxygen atoms in total. The Labute approximate surface area is 183 Å². The number of hydrogen-bond donors (Lipinski definition) is 2. The summed E-state index contributed by atoms with van der Waals surface area (Å²) in [7, 11) is 0. The van der Waals surface area contributed by atoms with Crippen LogP contribution in [0.4, 0.5) is 5.00 Å². The Kier molecular flexibility index (Phi) is 6.55. The van der Waals surface area contributed by atoms with Gasteiger partial charge in [-0.3, -0.25) is 4.79 Å². The normalized spacial score (nSPS) is 20.3. The number of benzene rings is 1. The highest BCUT2D eigenvalue weighted by Crippen LogP contribution is 2.39. The second-order valence-electron chi connectivity index (χ2n) is 8.57. The molecule has 1 aromatic heterocycles. The van der Waals surface area contributed by atoms with Gasteiger partial charge >= 0.3 is 0 Å². The lowest BCUT2D eigenvalue weighted by atomic mass is 9.85. The van der Waals surface area contributed by atoms with Crippen LogP contribution in [0.25, 0.3) is 0 Å². The van der Waals surface area contributed by atoms with Crippen molar-refractivity contribution in [3.05, 3.63) is 51.4 Å². The molecule has 2 aliphatic rings. The first-order valence-electron chi connectivity index (χ1n) is 11.3. The number of nitriles is 1. The smallest absolute Gasteiger partial charge is 0.228 e. The van der Waals surface area contributed by atoms with Crippen LogP contribution in [0.3, 0.4) is 0 Å². The zero-order valence-corrected chi connectivity index (χ0v) is 18.8. The van der Waals surface area contributed by atoms with E-state index in [-0.39, 0.29) is 11.8 Å². The zero-order chi connectivity index (χ0) is 21.1. The van der Waals surface area contributed by atoms with Gasteiger partial charge in [0.05, 0.1) is 5.56 Å². The molecule has 4 rings (SSSR count). The van der Waals surface area contributed by atoms with E-state index in [0.29, 0.717) is 17.6 Å². The van der Waals surface area contributed by atoms with Gasteiger partial charge in [-0.25, -0.2) is 0 Å². The minimum Gasteiger partial charge on any atom is -0.316 e. The van der Waals surface area contributed by atoms with Gasteiger partial charge in [-0.1, -0.05) is 38.1 Å². The highest BCUT2D eigenvalue weighted by Gasteiger charge is 2.29. The van der Waals surface area contributed by atoms with Gasteiger partial charge in [0, 0.05) is 22.9 Å². The maximum atomic E-state index is 12.6. The van der Waals surface area contributed by atoms with Crippen molar-refractivity contribution < 1.29 is 4.79 Å². The van der Waals surface area contributed by atoms with Crippen LogP contribution < -0.4 is 10.6 Å². The molecule has 2 atom stereocenters. The Morgan fingerprint density at radius 3 is 2.80 bits per heavy atom. The van der Waals surface area contributed by atoms with Crippen molar-refractivity contribution in [3.63, 3.8) is 0 Å². The Hall–Kier alpha value is -2.16. The van der Waals surface area contributed by atoms with Gasteiger partial charge in [0.1, 0.15) is 11.1 Å². The highest BCUT2D eigenvalue weighted by atomic mass is 32.1. The van der Waals surface area contributed by atoms with Crippen LogP contribution >= 0.6 is 11.3 Å². The Balaban J connectivity index is 1.49. The van der Waals surface area contributed by atoms with Crippen molar-refractivity contribution in [2.24, 2.45) is 5.92 Å². The monoisotopic (exact) mass is 421 g/mol. The average molecular weight is 422 g/mol. The van der Waals surface area contributed by atoms with E-state index in [0.717, 1.165) is 42.7 Å². The molecule has 158 valence electrons. The minimum atomic E-state index is 0.0106. The summed E-state index contributed by atoms with van der Waals surface area (Å²) in [4.78, 5) is 13.8. The molecule has 2 unspecified atom stereocenters. The molecule has 5 heteroatoms. The summed E-state index contributed by atoms with van der Waals surface area (Å²) >= 11 is 1.61. The molecule has 0 fully saturated rings. The van der Waals surface area contributed by atoms with E-state index in [4.69, 9.17) is 0 Å². The molecule has 2 N–H and O–H groups in total. The standard InChI is InChI=1S/C25H31N3OS/c1-3-16(4-2)24(29)28-25-21(15-26)20-13-12-18(14-23(20)30-25)27-22-11-7-9-17-8-5-6-10-19(17)22/h5-6,8,10,16,18,22,27H,3-4,7,9,11-14H2,1-2H3,(H,28,29). The van der Waals surface area contributed by atoms with Crippen molar-refractivity contribution in [1.29, 1.82) is 5.26 Å². The van der Waals surface area contributed by atoms with Crippen LogP contribution in [0, 0.1) is 17.2 Å². The summed E-state index contributed by atoms with van der Waals surface area (Å²) < 4.78 is 0.